The number of amides is 2. The van der Waals surface area contributed by atoms with Gasteiger partial charge in [0.15, 0.2) is 11.6 Å². The van der Waals surface area contributed by atoms with Crippen LogP contribution in [0.4, 0.5) is 13.6 Å². The number of carbonyl (C=O) groups excluding carboxylic acids is 2. The van der Waals surface area contributed by atoms with E-state index >= 15 is 0 Å². The van der Waals surface area contributed by atoms with Crippen molar-refractivity contribution in [2.45, 2.75) is 6.04 Å². The van der Waals surface area contributed by atoms with E-state index in [2.05, 4.69) is 15.4 Å². The Morgan fingerprint density at radius 3 is 2.68 bits per heavy atom. The summed E-state index contributed by atoms with van der Waals surface area (Å²) in [4.78, 5) is 22.8. The number of methoxy groups -OCH3 is 1. The zero-order chi connectivity index (χ0) is 14.0. The van der Waals surface area contributed by atoms with Crippen LogP contribution in [-0.2, 0) is 9.53 Å². The highest BCUT2D eigenvalue weighted by atomic mass is 19.2. The highest BCUT2D eigenvalue weighted by Gasteiger charge is 2.29. The van der Waals surface area contributed by atoms with Gasteiger partial charge in [-0.2, -0.15) is 0 Å². The Labute approximate surface area is 107 Å². The highest BCUT2D eigenvalue weighted by Crippen LogP contribution is 2.25. The molecule has 1 aromatic carbocycles. The molecule has 1 heterocycles. The van der Waals surface area contributed by atoms with Gasteiger partial charge in [-0.1, -0.05) is 6.07 Å². The van der Waals surface area contributed by atoms with Crippen LogP contribution in [0.3, 0.4) is 0 Å². The average molecular weight is 268 g/mol. The van der Waals surface area contributed by atoms with E-state index in [9.17, 15) is 18.4 Å². The smallest absolute Gasteiger partial charge is 0.337 e. The maximum absolute atomic E-state index is 13.2. The van der Waals surface area contributed by atoms with E-state index in [-0.39, 0.29) is 11.1 Å². The maximum atomic E-state index is 13.2. The zero-order valence-corrected chi connectivity index (χ0v) is 9.87. The fourth-order valence-electron chi connectivity index (χ4n) is 1.73. The molecule has 2 rings (SSSR count). The van der Waals surface area contributed by atoms with Crippen molar-refractivity contribution in [1.29, 1.82) is 0 Å². The van der Waals surface area contributed by atoms with Crippen LogP contribution in [0.5, 0.6) is 0 Å². The minimum atomic E-state index is -1.06. The number of ether oxygens (including phenoxy) is 1. The van der Waals surface area contributed by atoms with Crippen molar-refractivity contribution in [2.75, 3.05) is 7.11 Å². The molecule has 0 saturated carbocycles. The molecule has 0 saturated heterocycles. The minimum Gasteiger partial charge on any atom is -0.466 e. The van der Waals surface area contributed by atoms with Crippen LogP contribution in [0.15, 0.2) is 30.0 Å². The normalized spacial score (nSPS) is 18.2. The Hall–Kier alpha value is -2.44. The summed E-state index contributed by atoms with van der Waals surface area (Å²) in [5.41, 5.74) is 0.332. The molecule has 7 heteroatoms. The second-order valence-corrected chi connectivity index (χ2v) is 3.82. The summed E-state index contributed by atoms with van der Waals surface area (Å²) >= 11 is 0. The van der Waals surface area contributed by atoms with Crippen molar-refractivity contribution >= 4 is 12.0 Å². The number of urea groups is 1. The van der Waals surface area contributed by atoms with Crippen LogP contribution in [-0.4, -0.2) is 19.1 Å². The summed E-state index contributed by atoms with van der Waals surface area (Å²) in [7, 11) is 1.18. The molecule has 1 atom stereocenters. The SMILES string of the molecule is COC(=O)C1=CNC(=O)NC1c1ccc(F)c(F)c1. The lowest BCUT2D eigenvalue weighted by atomic mass is 9.98. The van der Waals surface area contributed by atoms with Crippen molar-refractivity contribution in [3.63, 3.8) is 0 Å². The summed E-state index contributed by atoms with van der Waals surface area (Å²) in [6, 6.07) is 1.68. The summed E-state index contributed by atoms with van der Waals surface area (Å²) < 4.78 is 30.7. The van der Waals surface area contributed by atoms with E-state index in [4.69, 9.17) is 0 Å². The average Bonchev–Trinajstić information content (AvgIpc) is 2.41. The molecule has 2 N–H and O–H groups in total. The number of esters is 1. The van der Waals surface area contributed by atoms with Gasteiger partial charge in [-0.25, -0.2) is 18.4 Å². The molecule has 1 aromatic rings. The molecular formula is C12H10F2N2O3. The van der Waals surface area contributed by atoms with E-state index in [1.54, 1.807) is 0 Å². The first-order valence-electron chi connectivity index (χ1n) is 5.33. The molecule has 0 spiro atoms. The topological polar surface area (TPSA) is 67.4 Å². The van der Waals surface area contributed by atoms with Gasteiger partial charge in [0, 0.05) is 6.20 Å². The summed E-state index contributed by atoms with van der Waals surface area (Å²) in [6.07, 6.45) is 1.18. The molecule has 1 unspecified atom stereocenters. The molecule has 5 nitrogen and oxygen atoms in total. The first-order valence-corrected chi connectivity index (χ1v) is 5.33. The van der Waals surface area contributed by atoms with E-state index in [1.165, 1.54) is 19.4 Å². The number of nitrogens with one attached hydrogen (secondary N) is 2. The molecule has 0 bridgehead atoms. The second-order valence-electron chi connectivity index (χ2n) is 3.82. The highest BCUT2D eigenvalue weighted by molar-refractivity contribution is 5.93. The van der Waals surface area contributed by atoms with Crippen LogP contribution in [0, 0.1) is 11.6 Å². The predicted octanol–water partition coefficient (Wildman–Crippen LogP) is 1.38. The van der Waals surface area contributed by atoms with Gasteiger partial charge in [0.1, 0.15) is 0 Å². The van der Waals surface area contributed by atoms with Crippen LogP contribution in [0.1, 0.15) is 11.6 Å². The summed E-state index contributed by atoms with van der Waals surface area (Å²) in [5, 5.41) is 4.73. The van der Waals surface area contributed by atoms with E-state index in [0.717, 1.165) is 12.1 Å². The number of halogens is 2. The van der Waals surface area contributed by atoms with Gasteiger partial charge in [-0.05, 0) is 17.7 Å². The Kier molecular flexibility index (Phi) is 3.46. The van der Waals surface area contributed by atoms with Gasteiger partial charge >= 0.3 is 12.0 Å². The standard InChI is InChI=1S/C12H10F2N2O3/c1-19-11(17)7-5-15-12(18)16-10(7)6-2-3-8(13)9(14)4-6/h2-5,10H,1H3,(H2,15,16,18). The maximum Gasteiger partial charge on any atom is 0.337 e. The summed E-state index contributed by atoms with van der Waals surface area (Å²) in [5.74, 6) is -2.75. The quantitative estimate of drug-likeness (QED) is 0.796. The van der Waals surface area contributed by atoms with Crippen molar-refractivity contribution in [2.24, 2.45) is 0 Å². The molecular weight excluding hydrogens is 258 g/mol. The third-order valence-corrected chi connectivity index (χ3v) is 2.64. The van der Waals surface area contributed by atoms with Crippen molar-refractivity contribution < 1.29 is 23.1 Å². The molecule has 1 aliphatic heterocycles. The lowest BCUT2D eigenvalue weighted by molar-refractivity contribution is -0.136. The Morgan fingerprint density at radius 1 is 1.32 bits per heavy atom. The predicted molar refractivity (Wildman–Crippen MR) is 60.9 cm³/mol. The van der Waals surface area contributed by atoms with Crippen molar-refractivity contribution in [3.8, 4) is 0 Å². The van der Waals surface area contributed by atoms with Crippen LogP contribution in [0.25, 0.3) is 0 Å². The zero-order valence-electron chi connectivity index (χ0n) is 9.87. The van der Waals surface area contributed by atoms with Gasteiger partial charge in [-0.15, -0.1) is 0 Å². The Balaban J connectivity index is 2.41. The largest absolute Gasteiger partial charge is 0.466 e. The summed E-state index contributed by atoms with van der Waals surface area (Å²) in [6.45, 7) is 0. The number of hydrogen-bond donors (Lipinski definition) is 2. The van der Waals surface area contributed by atoms with Crippen LogP contribution < -0.4 is 10.6 Å². The van der Waals surface area contributed by atoms with E-state index < -0.39 is 29.7 Å². The van der Waals surface area contributed by atoms with Gasteiger partial charge in [-0.3, -0.25) is 0 Å². The fourth-order valence-corrected chi connectivity index (χ4v) is 1.73. The lowest BCUT2D eigenvalue weighted by Crippen LogP contribution is -2.42. The molecule has 0 aromatic heterocycles. The number of carbonyl (C=O) groups is 2. The van der Waals surface area contributed by atoms with Gasteiger partial charge in [0.05, 0.1) is 18.7 Å². The monoisotopic (exact) mass is 268 g/mol. The molecule has 2 amide bonds. The fraction of sp³-hybridized carbons (Fsp3) is 0.167. The van der Waals surface area contributed by atoms with E-state index in [1.807, 2.05) is 0 Å². The first-order chi connectivity index (χ1) is 9.02. The van der Waals surface area contributed by atoms with Gasteiger partial charge in [0.25, 0.3) is 0 Å². The molecule has 0 radical (unpaired) electrons. The number of hydrogen-bond acceptors (Lipinski definition) is 3. The lowest BCUT2D eigenvalue weighted by Gasteiger charge is -2.24. The number of rotatable bonds is 2. The molecule has 19 heavy (non-hydrogen) atoms. The third kappa shape index (κ3) is 2.54. The Bertz CT molecular complexity index is 572. The van der Waals surface area contributed by atoms with Crippen LogP contribution >= 0.6 is 0 Å². The number of benzene rings is 1. The van der Waals surface area contributed by atoms with E-state index in [0.29, 0.717) is 0 Å². The molecule has 0 aliphatic carbocycles. The third-order valence-electron chi connectivity index (χ3n) is 2.64. The van der Waals surface area contributed by atoms with Crippen molar-refractivity contribution in [1.82, 2.24) is 10.6 Å². The Morgan fingerprint density at radius 2 is 2.05 bits per heavy atom. The molecule has 1 aliphatic rings. The molecule has 0 fully saturated rings. The first kappa shape index (κ1) is 13.0. The van der Waals surface area contributed by atoms with Gasteiger partial charge in [0.2, 0.25) is 0 Å². The van der Waals surface area contributed by atoms with Crippen molar-refractivity contribution in [3.05, 3.63) is 47.2 Å². The molecule has 100 valence electrons. The van der Waals surface area contributed by atoms with Crippen LogP contribution in [0.2, 0.25) is 0 Å². The minimum absolute atomic E-state index is 0.0908. The van der Waals surface area contributed by atoms with Gasteiger partial charge < -0.3 is 15.4 Å². The second kappa shape index (κ2) is 5.05.